The van der Waals surface area contributed by atoms with E-state index in [4.69, 9.17) is 4.74 Å². The molecule has 0 amide bonds. The van der Waals surface area contributed by atoms with Crippen molar-refractivity contribution in [2.75, 3.05) is 19.9 Å². The third kappa shape index (κ3) is 4.20. The highest BCUT2D eigenvalue weighted by Gasteiger charge is 2.44. The topological polar surface area (TPSA) is 38.3 Å². The van der Waals surface area contributed by atoms with Crippen LogP contribution < -0.4 is 5.32 Å². The summed E-state index contributed by atoms with van der Waals surface area (Å²) in [5.74, 6) is 0.403. The normalized spacial score (nSPS) is 17.3. The highest BCUT2D eigenvalue weighted by atomic mass is 32.2. The maximum Gasteiger partial charge on any atom is 0.306 e. The summed E-state index contributed by atoms with van der Waals surface area (Å²) >= 11 is 1.49. The summed E-state index contributed by atoms with van der Waals surface area (Å²) in [4.78, 5) is 12.0. The van der Waals surface area contributed by atoms with Crippen LogP contribution in [0.3, 0.4) is 0 Å². The molecule has 0 spiro atoms. The molecule has 1 aromatic carbocycles. The third-order valence-electron chi connectivity index (χ3n) is 4.13. The maximum atomic E-state index is 14.1. The number of esters is 1. The zero-order chi connectivity index (χ0) is 15.5. The van der Waals surface area contributed by atoms with Crippen molar-refractivity contribution in [2.24, 2.45) is 5.41 Å². The van der Waals surface area contributed by atoms with Crippen molar-refractivity contribution in [3.05, 3.63) is 29.6 Å². The Morgan fingerprint density at radius 2 is 2.24 bits per heavy atom. The number of hydrogen-bond acceptors (Lipinski definition) is 4. The lowest BCUT2D eigenvalue weighted by molar-refractivity contribution is -0.141. The molecule has 0 heterocycles. The minimum absolute atomic E-state index is 0.0150. The van der Waals surface area contributed by atoms with Crippen LogP contribution in [-0.2, 0) is 9.53 Å². The average molecular weight is 311 g/mol. The molecule has 0 saturated heterocycles. The monoisotopic (exact) mass is 311 g/mol. The van der Waals surface area contributed by atoms with Crippen LogP contribution in [0.15, 0.2) is 23.1 Å². The standard InChI is InChI=1S/C16H22FNO2S/c1-11(18-2)12-4-5-14(13(17)8-12)21-10-16(6-7-16)9-15(19)20-3/h4-5,8,11,18H,6-7,9-10H2,1-3H3. The quantitative estimate of drug-likeness (QED) is 0.617. The van der Waals surface area contributed by atoms with Gasteiger partial charge in [0.2, 0.25) is 0 Å². The van der Waals surface area contributed by atoms with Gasteiger partial charge in [-0.05, 0) is 49.9 Å². The zero-order valence-corrected chi connectivity index (χ0v) is 13.6. The molecule has 21 heavy (non-hydrogen) atoms. The van der Waals surface area contributed by atoms with Gasteiger partial charge in [-0.3, -0.25) is 4.79 Å². The Bertz CT molecular complexity index is 517. The van der Waals surface area contributed by atoms with Gasteiger partial charge in [-0.25, -0.2) is 4.39 Å². The Balaban J connectivity index is 1.96. The van der Waals surface area contributed by atoms with Crippen LogP contribution in [0.2, 0.25) is 0 Å². The van der Waals surface area contributed by atoms with Crippen molar-refractivity contribution in [3.8, 4) is 0 Å². The summed E-state index contributed by atoms with van der Waals surface area (Å²) in [5, 5.41) is 3.10. The largest absolute Gasteiger partial charge is 0.469 e. The summed E-state index contributed by atoms with van der Waals surface area (Å²) < 4.78 is 18.9. The summed E-state index contributed by atoms with van der Waals surface area (Å²) in [5.41, 5.74) is 0.955. The van der Waals surface area contributed by atoms with Crippen LogP contribution in [0.5, 0.6) is 0 Å². The first-order valence-corrected chi connectivity index (χ1v) is 8.14. The molecule has 0 bridgehead atoms. The lowest BCUT2D eigenvalue weighted by atomic mass is 10.1. The molecule has 0 radical (unpaired) electrons. The minimum Gasteiger partial charge on any atom is -0.469 e. The maximum absolute atomic E-state index is 14.1. The Hall–Kier alpha value is -1.07. The first-order valence-electron chi connectivity index (χ1n) is 7.16. The highest BCUT2D eigenvalue weighted by Crippen LogP contribution is 2.52. The zero-order valence-electron chi connectivity index (χ0n) is 12.7. The molecule has 0 aromatic heterocycles. The molecule has 0 aliphatic heterocycles. The number of carbonyl (C=O) groups excluding carboxylic acids is 1. The van der Waals surface area contributed by atoms with Gasteiger partial charge in [0.1, 0.15) is 5.82 Å². The van der Waals surface area contributed by atoms with Gasteiger partial charge in [0.15, 0.2) is 0 Å². The number of nitrogens with one attached hydrogen (secondary N) is 1. The van der Waals surface area contributed by atoms with E-state index >= 15 is 0 Å². The van der Waals surface area contributed by atoms with E-state index in [1.54, 1.807) is 6.07 Å². The Labute approximate surface area is 129 Å². The molecular weight excluding hydrogens is 289 g/mol. The van der Waals surface area contributed by atoms with E-state index in [2.05, 4.69) is 5.32 Å². The third-order valence-corrected chi connectivity index (χ3v) is 5.53. The van der Waals surface area contributed by atoms with E-state index in [1.165, 1.54) is 18.9 Å². The molecule has 2 rings (SSSR count). The molecule has 3 nitrogen and oxygen atoms in total. The van der Waals surface area contributed by atoms with Crippen LogP contribution >= 0.6 is 11.8 Å². The number of ether oxygens (including phenoxy) is 1. The van der Waals surface area contributed by atoms with Crippen molar-refractivity contribution >= 4 is 17.7 Å². The smallest absolute Gasteiger partial charge is 0.306 e. The minimum atomic E-state index is -0.187. The van der Waals surface area contributed by atoms with E-state index in [1.807, 2.05) is 26.1 Å². The molecule has 1 fully saturated rings. The van der Waals surface area contributed by atoms with Crippen LogP contribution in [-0.4, -0.2) is 25.9 Å². The molecule has 1 atom stereocenters. The second-order valence-electron chi connectivity index (χ2n) is 5.74. The lowest BCUT2D eigenvalue weighted by Gasteiger charge is -2.15. The molecular formula is C16H22FNO2S. The summed E-state index contributed by atoms with van der Waals surface area (Å²) in [6.07, 6.45) is 2.48. The second kappa shape index (κ2) is 6.79. The van der Waals surface area contributed by atoms with Gasteiger partial charge in [-0.15, -0.1) is 11.8 Å². The molecule has 1 N–H and O–H groups in total. The van der Waals surface area contributed by atoms with Crippen LogP contribution in [0.25, 0.3) is 0 Å². The highest BCUT2D eigenvalue weighted by molar-refractivity contribution is 7.99. The number of thioether (sulfide) groups is 1. The number of hydrogen-bond donors (Lipinski definition) is 1. The fourth-order valence-corrected chi connectivity index (χ4v) is 3.44. The van der Waals surface area contributed by atoms with Crippen molar-refractivity contribution in [1.29, 1.82) is 0 Å². The van der Waals surface area contributed by atoms with Crippen LogP contribution in [0.1, 0.15) is 37.8 Å². The van der Waals surface area contributed by atoms with Crippen molar-refractivity contribution < 1.29 is 13.9 Å². The number of benzene rings is 1. The average Bonchev–Trinajstić information content (AvgIpc) is 3.24. The fourth-order valence-electron chi connectivity index (χ4n) is 2.23. The SMILES string of the molecule is CNC(C)c1ccc(SCC2(CC(=O)OC)CC2)c(F)c1. The predicted octanol–water partition coefficient (Wildman–Crippen LogP) is 3.54. The molecule has 5 heteroatoms. The molecule has 1 unspecified atom stereocenters. The van der Waals surface area contributed by atoms with Gasteiger partial charge >= 0.3 is 5.97 Å². The van der Waals surface area contributed by atoms with Gasteiger partial charge < -0.3 is 10.1 Å². The fraction of sp³-hybridized carbons (Fsp3) is 0.562. The lowest BCUT2D eigenvalue weighted by Crippen LogP contribution is -2.13. The Morgan fingerprint density at radius 1 is 1.52 bits per heavy atom. The van der Waals surface area contributed by atoms with Gasteiger partial charge in [-0.2, -0.15) is 0 Å². The van der Waals surface area contributed by atoms with Crippen molar-refractivity contribution in [2.45, 2.75) is 37.1 Å². The number of carbonyl (C=O) groups is 1. The van der Waals surface area contributed by atoms with E-state index in [0.29, 0.717) is 11.3 Å². The molecule has 1 aliphatic carbocycles. The van der Waals surface area contributed by atoms with Crippen molar-refractivity contribution in [1.82, 2.24) is 5.32 Å². The Morgan fingerprint density at radius 3 is 2.76 bits per heavy atom. The van der Waals surface area contributed by atoms with Crippen LogP contribution in [0.4, 0.5) is 4.39 Å². The van der Waals surface area contributed by atoms with E-state index in [-0.39, 0.29) is 23.2 Å². The van der Waals surface area contributed by atoms with Gasteiger partial charge in [0.25, 0.3) is 0 Å². The first kappa shape index (κ1) is 16.3. The molecule has 1 aliphatic rings. The van der Waals surface area contributed by atoms with E-state index in [9.17, 15) is 9.18 Å². The molecule has 1 aromatic rings. The van der Waals surface area contributed by atoms with Gasteiger partial charge in [-0.1, -0.05) is 6.07 Å². The van der Waals surface area contributed by atoms with E-state index < -0.39 is 0 Å². The molecule has 116 valence electrons. The number of methoxy groups -OCH3 is 1. The summed E-state index contributed by atoms with van der Waals surface area (Å²) in [7, 11) is 3.27. The van der Waals surface area contributed by atoms with Crippen molar-refractivity contribution in [3.63, 3.8) is 0 Å². The Kier molecular flexibility index (Phi) is 5.27. The van der Waals surface area contributed by atoms with Gasteiger partial charge in [0.05, 0.1) is 13.5 Å². The molecule has 1 saturated carbocycles. The number of rotatable bonds is 7. The number of halogens is 1. The second-order valence-corrected chi connectivity index (χ2v) is 6.76. The van der Waals surface area contributed by atoms with E-state index in [0.717, 1.165) is 24.2 Å². The summed E-state index contributed by atoms with van der Waals surface area (Å²) in [6, 6.07) is 5.50. The predicted molar refractivity (Wildman–Crippen MR) is 82.9 cm³/mol. The van der Waals surface area contributed by atoms with Gasteiger partial charge in [0, 0.05) is 16.7 Å². The summed E-state index contributed by atoms with van der Waals surface area (Å²) in [6.45, 7) is 2.00. The first-order chi connectivity index (χ1) is 9.99. The van der Waals surface area contributed by atoms with Crippen LogP contribution in [0, 0.1) is 11.2 Å².